The molecule has 19 heavy (non-hydrogen) atoms. The molecular formula is C15H23ClN2O. The zero-order chi connectivity index (χ0) is 13.0. The van der Waals surface area contributed by atoms with E-state index in [4.69, 9.17) is 5.73 Å². The van der Waals surface area contributed by atoms with Gasteiger partial charge in [0, 0.05) is 0 Å². The van der Waals surface area contributed by atoms with Gasteiger partial charge in [0.1, 0.15) is 5.54 Å². The zero-order valence-corrected chi connectivity index (χ0v) is 12.3. The smallest absolute Gasteiger partial charge is 0.238 e. The van der Waals surface area contributed by atoms with Crippen LogP contribution in [0, 0.1) is 0 Å². The monoisotopic (exact) mass is 282 g/mol. The second kappa shape index (κ2) is 6.92. The van der Waals surface area contributed by atoms with Gasteiger partial charge in [0.25, 0.3) is 0 Å². The fraction of sp³-hybridized carbons (Fsp3) is 0.533. The van der Waals surface area contributed by atoms with E-state index in [2.05, 4.69) is 24.0 Å². The van der Waals surface area contributed by atoms with Crippen molar-refractivity contribution in [1.29, 1.82) is 0 Å². The standard InChI is InChI=1S/C15H22N2O.ClH/c1-2-10-17-11-6-9-15(17,14(16)18)12-13-7-4-3-5-8-13;/h3-5,7-8H,2,6,9-12H2,1H3,(H2,16,18);1H/t15-;/m1./s1. The number of hydrogen-bond acceptors (Lipinski definition) is 2. The third-order valence-electron chi connectivity index (χ3n) is 3.92. The molecule has 0 radical (unpaired) electrons. The number of halogens is 1. The van der Waals surface area contributed by atoms with Crippen LogP contribution in [0.5, 0.6) is 0 Å². The minimum absolute atomic E-state index is 0. The molecule has 2 N–H and O–H groups in total. The van der Waals surface area contributed by atoms with Gasteiger partial charge in [-0.25, -0.2) is 0 Å². The molecule has 0 bridgehead atoms. The number of primary amides is 1. The summed E-state index contributed by atoms with van der Waals surface area (Å²) in [6.07, 6.45) is 3.75. The SMILES string of the molecule is CCCN1CCC[C@@]1(Cc1ccccc1)C(N)=O.Cl. The van der Waals surface area contributed by atoms with Crippen molar-refractivity contribution < 1.29 is 4.79 Å². The van der Waals surface area contributed by atoms with Crippen LogP contribution in [0.3, 0.4) is 0 Å². The van der Waals surface area contributed by atoms with Gasteiger partial charge in [-0.15, -0.1) is 12.4 Å². The first-order valence-corrected chi connectivity index (χ1v) is 6.78. The van der Waals surface area contributed by atoms with Crippen LogP contribution in [-0.2, 0) is 11.2 Å². The van der Waals surface area contributed by atoms with Crippen molar-refractivity contribution in [3.05, 3.63) is 35.9 Å². The van der Waals surface area contributed by atoms with Crippen LogP contribution < -0.4 is 5.73 Å². The molecule has 1 amide bonds. The molecule has 1 aliphatic heterocycles. The van der Waals surface area contributed by atoms with Crippen molar-refractivity contribution in [1.82, 2.24) is 4.90 Å². The van der Waals surface area contributed by atoms with E-state index >= 15 is 0 Å². The molecular weight excluding hydrogens is 260 g/mol. The zero-order valence-electron chi connectivity index (χ0n) is 11.5. The Labute approximate surface area is 121 Å². The summed E-state index contributed by atoms with van der Waals surface area (Å²) in [6.45, 7) is 4.09. The summed E-state index contributed by atoms with van der Waals surface area (Å²) in [4.78, 5) is 14.3. The molecule has 1 aliphatic rings. The molecule has 1 aromatic rings. The molecule has 1 heterocycles. The first-order chi connectivity index (χ1) is 8.69. The lowest BCUT2D eigenvalue weighted by Gasteiger charge is -2.35. The van der Waals surface area contributed by atoms with Crippen molar-refractivity contribution in [3.63, 3.8) is 0 Å². The molecule has 1 atom stereocenters. The van der Waals surface area contributed by atoms with Gasteiger partial charge in [-0.3, -0.25) is 9.69 Å². The van der Waals surface area contributed by atoms with Crippen molar-refractivity contribution in [2.24, 2.45) is 5.73 Å². The lowest BCUT2D eigenvalue weighted by molar-refractivity contribution is -0.128. The highest BCUT2D eigenvalue weighted by Crippen LogP contribution is 2.32. The predicted molar refractivity (Wildman–Crippen MR) is 80.4 cm³/mol. The van der Waals surface area contributed by atoms with Gasteiger partial charge in [-0.05, 0) is 44.3 Å². The lowest BCUT2D eigenvalue weighted by atomic mass is 9.87. The highest BCUT2D eigenvalue weighted by molar-refractivity contribution is 5.85. The van der Waals surface area contributed by atoms with E-state index in [9.17, 15) is 4.79 Å². The van der Waals surface area contributed by atoms with Gasteiger partial charge in [0.05, 0.1) is 0 Å². The minimum atomic E-state index is -0.461. The Bertz CT molecular complexity index is 410. The van der Waals surface area contributed by atoms with Crippen LogP contribution in [0.15, 0.2) is 30.3 Å². The Balaban J connectivity index is 0.00000180. The molecule has 1 saturated heterocycles. The Morgan fingerprint density at radius 1 is 1.37 bits per heavy atom. The van der Waals surface area contributed by atoms with E-state index in [1.807, 2.05) is 18.2 Å². The third kappa shape index (κ3) is 3.28. The van der Waals surface area contributed by atoms with E-state index in [0.29, 0.717) is 0 Å². The fourth-order valence-corrected chi connectivity index (χ4v) is 3.03. The maximum atomic E-state index is 12.0. The highest BCUT2D eigenvalue weighted by Gasteiger charge is 2.45. The summed E-state index contributed by atoms with van der Waals surface area (Å²) in [5, 5.41) is 0. The van der Waals surface area contributed by atoms with Crippen LogP contribution in [0.1, 0.15) is 31.7 Å². The summed E-state index contributed by atoms with van der Waals surface area (Å²) in [7, 11) is 0. The van der Waals surface area contributed by atoms with Gasteiger partial charge in [0.15, 0.2) is 0 Å². The Kier molecular flexibility index (Phi) is 5.83. The molecule has 2 rings (SSSR count). The maximum Gasteiger partial charge on any atom is 0.238 e. The van der Waals surface area contributed by atoms with Crippen LogP contribution in [0.2, 0.25) is 0 Å². The summed E-state index contributed by atoms with van der Waals surface area (Å²) >= 11 is 0. The molecule has 1 aromatic carbocycles. The van der Waals surface area contributed by atoms with E-state index in [1.165, 1.54) is 5.56 Å². The number of amides is 1. The predicted octanol–water partition coefficient (Wildman–Crippen LogP) is 2.38. The molecule has 1 fully saturated rings. The quantitative estimate of drug-likeness (QED) is 0.901. The molecule has 0 unspecified atom stereocenters. The third-order valence-corrected chi connectivity index (χ3v) is 3.92. The van der Waals surface area contributed by atoms with Crippen molar-refractivity contribution in [2.45, 2.75) is 38.1 Å². The van der Waals surface area contributed by atoms with Gasteiger partial charge in [-0.1, -0.05) is 37.3 Å². The molecule has 0 saturated carbocycles. The molecule has 0 aromatic heterocycles. The van der Waals surface area contributed by atoms with Crippen LogP contribution >= 0.6 is 12.4 Å². The van der Waals surface area contributed by atoms with Crippen LogP contribution in [0.25, 0.3) is 0 Å². The number of likely N-dealkylation sites (tertiary alicyclic amines) is 1. The summed E-state index contributed by atoms with van der Waals surface area (Å²) in [6, 6.07) is 10.2. The number of carbonyl (C=O) groups is 1. The summed E-state index contributed by atoms with van der Waals surface area (Å²) in [5.41, 5.74) is 6.45. The van der Waals surface area contributed by atoms with Gasteiger partial charge in [-0.2, -0.15) is 0 Å². The highest BCUT2D eigenvalue weighted by atomic mass is 35.5. The molecule has 106 valence electrons. The number of carbonyl (C=O) groups excluding carboxylic acids is 1. The van der Waals surface area contributed by atoms with Crippen LogP contribution in [0.4, 0.5) is 0 Å². The summed E-state index contributed by atoms with van der Waals surface area (Å²) < 4.78 is 0. The number of nitrogens with zero attached hydrogens (tertiary/aromatic N) is 1. The number of nitrogens with two attached hydrogens (primary N) is 1. The largest absolute Gasteiger partial charge is 0.368 e. The average molecular weight is 283 g/mol. The lowest BCUT2D eigenvalue weighted by Crippen LogP contribution is -2.55. The Morgan fingerprint density at radius 2 is 2.05 bits per heavy atom. The Hall–Kier alpha value is -1.06. The summed E-state index contributed by atoms with van der Waals surface area (Å²) in [5.74, 6) is -0.169. The van der Waals surface area contributed by atoms with Crippen molar-refractivity contribution in [3.8, 4) is 0 Å². The first kappa shape index (κ1) is 16.0. The topological polar surface area (TPSA) is 46.3 Å². The number of benzene rings is 1. The van der Waals surface area contributed by atoms with Crippen LogP contribution in [-0.4, -0.2) is 29.4 Å². The first-order valence-electron chi connectivity index (χ1n) is 6.78. The number of rotatable bonds is 5. The second-order valence-corrected chi connectivity index (χ2v) is 5.15. The van der Waals surface area contributed by atoms with Crippen molar-refractivity contribution >= 4 is 18.3 Å². The van der Waals surface area contributed by atoms with E-state index < -0.39 is 5.54 Å². The van der Waals surface area contributed by atoms with E-state index in [1.54, 1.807) is 0 Å². The Morgan fingerprint density at radius 3 is 2.63 bits per heavy atom. The van der Waals surface area contributed by atoms with E-state index in [-0.39, 0.29) is 18.3 Å². The molecule has 3 nitrogen and oxygen atoms in total. The van der Waals surface area contributed by atoms with E-state index in [0.717, 1.165) is 38.8 Å². The van der Waals surface area contributed by atoms with Gasteiger partial charge < -0.3 is 5.73 Å². The van der Waals surface area contributed by atoms with Gasteiger partial charge in [0.2, 0.25) is 5.91 Å². The fourth-order valence-electron chi connectivity index (χ4n) is 3.03. The van der Waals surface area contributed by atoms with Crippen molar-refractivity contribution in [2.75, 3.05) is 13.1 Å². The normalized spacial score (nSPS) is 23.0. The van der Waals surface area contributed by atoms with Gasteiger partial charge >= 0.3 is 0 Å². The number of hydrogen-bond donors (Lipinski definition) is 1. The molecule has 0 spiro atoms. The second-order valence-electron chi connectivity index (χ2n) is 5.15. The molecule has 0 aliphatic carbocycles. The maximum absolute atomic E-state index is 12.0. The molecule has 4 heteroatoms. The minimum Gasteiger partial charge on any atom is -0.368 e. The average Bonchev–Trinajstić information content (AvgIpc) is 2.75.